The summed E-state index contributed by atoms with van der Waals surface area (Å²) < 4.78 is 38.1. The molecule has 1 saturated heterocycles. The Morgan fingerprint density at radius 2 is 1.62 bits per heavy atom. The lowest BCUT2D eigenvalue weighted by Crippen LogP contribution is -2.48. The van der Waals surface area contributed by atoms with Crippen molar-refractivity contribution in [1.29, 1.82) is 0 Å². The number of benzene rings is 3. The number of nitrogens with zero attached hydrogens (tertiary/aromatic N) is 2. The molecule has 3 aromatic carbocycles. The van der Waals surface area contributed by atoms with Crippen molar-refractivity contribution < 1.29 is 27.5 Å². The van der Waals surface area contributed by atoms with Gasteiger partial charge in [-0.15, -0.1) is 0 Å². The highest BCUT2D eigenvalue weighted by Gasteiger charge is 2.28. The summed E-state index contributed by atoms with van der Waals surface area (Å²) in [6.07, 6.45) is 0. The number of ether oxygens (including phenoxy) is 2. The fourth-order valence-electron chi connectivity index (χ4n) is 4.24. The molecule has 0 bridgehead atoms. The van der Waals surface area contributed by atoms with Gasteiger partial charge in [0.25, 0.3) is 5.91 Å². The van der Waals surface area contributed by atoms with Crippen LogP contribution in [-0.2, 0) is 37.4 Å². The van der Waals surface area contributed by atoms with Gasteiger partial charge in [0, 0.05) is 41.2 Å². The molecule has 9 nitrogen and oxygen atoms in total. The van der Waals surface area contributed by atoms with Gasteiger partial charge in [-0.1, -0.05) is 53.0 Å². The molecule has 0 aliphatic carbocycles. The average molecular weight is 655 g/mol. The number of amides is 2. The second-order valence-electron chi connectivity index (χ2n) is 9.55. The van der Waals surface area contributed by atoms with Crippen LogP contribution >= 0.6 is 34.8 Å². The van der Waals surface area contributed by atoms with Crippen LogP contribution in [0.1, 0.15) is 18.1 Å². The molecule has 1 heterocycles. The van der Waals surface area contributed by atoms with E-state index in [1.54, 1.807) is 49.4 Å². The van der Waals surface area contributed by atoms with Gasteiger partial charge in [0.15, 0.2) is 6.61 Å². The number of hydrogen-bond donors (Lipinski definition) is 1. The first kappa shape index (κ1) is 32.1. The minimum Gasteiger partial charge on any atom is -0.484 e. The Hall–Kier alpha value is -2.86. The molecule has 0 saturated carbocycles. The molecule has 1 atom stereocenters. The normalized spacial score (nSPS) is 14.7. The van der Waals surface area contributed by atoms with Crippen LogP contribution in [0.15, 0.2) is 71.6 Å². The van der Waals surface area contributed by atoms with Gasteiger partial charge in [0.2, 0.25) is 15.9 Å². The molecule has 13 heteroatoms. The first-order chi connectivity index (χ1) is 20.0. The van der Waals surface area contributed by atoms with E-state index in [-0.39, 0.29) is 43.6 Å². The van der Waals surface area contributed by atoms with E-state index in [1.807, 2.05) is 0 Å². The van der Waals surface area contributed by atoms with Crippen LogP contribution in [-0.4, -0.2) is 68.4 Å². The van der Waals surface area contributed by atoms with Crippen molar-refractivity contribution in [2.75, 3.05) is 32.9 Å². The SMILES string of the molecule is CC(C(=O)NCc1ccc(Cl)cc1Cl)N(Cc1ccc(Cl)cc1)C(=O)COc1ccc(S(=O)(=O)N2CCOCC2)cc1. The Morgan fingerprint density at radius 1 is 0.976 bits per heavy atom. The third-order valence-electron chi connectivity index (χ3n) is 6.70. The van der Waals surface area contributed by atoms with Crippen LogP contribution in [0.5, 0.6) is 5.75 Å². The minimum absolute atomic E-state index is 0.124. The molecule has 1 aliphatic heterocycles. The molecule has 4 rings (SSSR count). The Labute approximate surface area is 260 Å². The Morgan fingerprint density at radius 3 is 2.26 bits per heavy atom. The number of carbonyl (C=O) groups is 2. The third-order valence-corrected chi connectivity index (χ3v) is 9.45. The van der Waals surface area contributed by atoms with Crippen molar-refractivity contribution in [1.82, 2.24) is 14.5 Å². The number of carbonyl (C=O) groups excluding carboxylic acids is 2. The molecule has 3 aromatic rings. The second kappa shape index (κ2) is 14.5. The van der Waals surface area contributed by atoms with Crippen LogP contribution in [0.4, 0.5) is 0 Å². The molecule has 0 radical (unpaired) electrons. The van der Waals surface area contributed by atoms with E-state index in [9.17, 15) is 18.0 Å². The lowest BCUT2D eigenvalue weighted by molar-refractivity contribution is -0.142. The van der Waals surface area contributed by atoms with E-state index >= 15 is 0 Å². The zero-order valence-electron chi connectivity index (χ0n) is 22.8. The molecule has 1 N–H and O–H groups in total. The van der Waals surface area contributed by atoms with E-state index in [2.05, 4.69) is 5.32 Å². The maximum absolute atomic E-state index is 13.4. The monoisotopic (exact) mass is 653 g/mol. The van der Waals surface area contributed by atoms with Crippen LogP contribution < -0.4 is 10.1 Å². The Balaban J connectivity index is 1.43. The summed E-state index contributed by atoms with van der Waals surface area (Å²) in [6, 6.07) is 17.0. The first-order valence-electron chi connectivity index (χ1n) is 13.1. The minimum atomic E-state index is -3.66. The van der Waals surface area contributed by atoms with Crippen molar-refractivity contribution in [3.05, 3.63) is 92.9 Å². The van der Waals surface area contributed by atoms with Crippen molar-refractivity contribution in [3.8, 4) is 5.75 Å². The largest absolute Gasteiger partial charge is 0.484 e. The maximum Gasteiger partial charge on any atom is 0.261 e. The number of sulfonamides is 1. The van der Waals surface area contributed by atoms with E-state index < -0.39 is 22.0 Å². The summed E-state index contributed by atoms with van der Waals surface area (Å²) in [6.45, 7) is 2.81. The molecule has 0 spiro atoms. The molecule has 2 amide bonds. The van der Waals surface area contributed by atoms with Gasteiger partial charge in [0.05, 0.1) is 18.1 Å². The third kappa shape index (κ3) is 8.37. The lowest BCUT2D eigenvalue weighted by Gasteiger charge is -2.29. The fraction of sp³-hybridized carbons (Fsp3) is 0.310. The van der Waals surface area contributed by atoms with Gasteiger partial charge in [0.1, 0.15) is 11.8 Å². The summed E-state index contributed by atoms with van der Waals surface area (Å²) in [5.74, 6) is -0.520. The summed E-state index contributed by atoms with van der Waals surface area (Å²) >= 11 is 18.2. The van der Waals surface area contributed by atoms with Gasteiger partial charge in [-0.05, 0) is 66.6 Å². The van der Waals surface area contributed by atoms with Gasteiger partial charge in [-0.2, -0.15) is 4.31 Å². The molecule has 42 heavy (non-hydrogen) atoms. The Bertz CT molecular complexity index is 1500. The topological polar surface area (TPSA) is 105 Å². The number of nitrogens with one attached hydrogen (secondary N) is 1. The highest BCUT2D eigenvalue weighted by Crippen LogP contribution is 2.22. The average Bonchev–Trinajstić information content (AvgIpc) is 2.99. The molecule has 1 aliphatic rings. The van der Waals surface area contributed by atoms with Gasteiger partial charge < -0.3 is 19.7 Å². The number of halogens is 3. The summed E-state index contributed by atoms with van der Waals surface area (Å²) in [5, 5.41) is 4.27. The van der Waals surface area contributed by atoms with E-state index in [0.29, 0.717) is 39.6 Å². The molecule has 224 valence electrons. The molecule has 1 unspecified atom stereocenters. The van der Waals surface area contributed by atoms with Gasteiger partial charge in [-0.3, -0.25) is 9.59 Å². The van der Waals surface area contributed by atoms with E-state index in [0.717, 1.165) is 5.56 Å². The maximum atomic E-state index is 13.4. The zero-order valence-corrected chi connectivity index (χ0v) is 25.8. The molecule has 1 fully saturated rings. The standard InChI is InChI=1S/C29H30Cl3N3O6S/c1-20(29(37)33-17-22-4-7-24(31)16-27(22)32)35(18-21-2-5-23(30)6-3-21)28(36)19-41-25-8-10-26(11-9-25)42(38,39)34-12-14-40-15-13-34/h2-11,16,20H,12-15,17-19H2,1H3,(H,33,37). The quantitative estimate of drug-likeness (QED) is 0.319. The summed E-state index contributed by atoms with van der Waals surface area (Å²) in [4.78, 5) is 28.0. The predicted octanol–water partition coefficient (Wildman–Crippen LogP) is 4.78. The second-order valence-corrected chi connectivity index (χ2v) is 12.8. The Kier molecular flexibility index (Phi) is 11.1. The van der Waals surface area contributed by atoms with Crippen LogP contribution in [0, 0.1) is 0 Å². The lowest BCUT2D eigenvalue weighted by atomic mass is 10.1. The molecular weight excluding hydrogens is 625 g/mol. The van der Waals surface area contributed by atoms with Crippen molar-refractivity contribution in [2.24, 2.45) is 0 Å². The number of rotatable bonds is 11. The van der Waals surface area contributed by atoms with Gasteiger partial charge in [-0.25, -0.2) is 8.42 Å². The smallest absolute Gasteiger partial charge is 0.261 e. The highest BCUT2D eigenvalue weighted by molar-refractivity contribution is 7.89. The van der Waals surface area contributed by atoms with E-state index in [4.69, 9.17) is 44.3 Å². The summed E-state index contributed by atoms with van der Waals surface area (Å²) in [7, 11) is -3.66. The van der Waals surface area contributed by atoms with Crippen LogP contribution in [0.25, 0.3) is 0 Å². The fourth-order valence-corrected chi connectivity index (χ4v) is 6.25. The predicted molar refractivity (Wildman–Crippen MR) is 161 cm³/mol. The molecular formula is C29H30Cl3N3O6S. The zero-order chi connectivity index (χ0) is 30.3. The van der Waals surface area contributed by atoms with Crippen molar-refractivity contribution >= 4 is 56.6 Å². The van der Waals surface area contributed by atoms with Crippen LogP contribution in [0.3, 0.4) is 0 Å². The van der Waals surface area contributed by atoms with Crippen LogP contribution in [0.2, 0.25) is 15.1 Å². The summed E-state index contributed by atoms with van der Waals surface area (Å²) in [5.41, 5.74) is 1.45. The highest BCUT2D eigenvalue weighted by atomic mass is 35.5. The van der Waals surface area contributed by atoms with Crippen molar-refractivity contribution in [3.63, 3.8) is 0 Å². The van der Waals surface area contributed by atoms with Gasteiger partial charge >= 0.3 is 0 Å². The number of hydrogen-bond acceptors (Lipinski definition) is 6. The number of morpholine rings is 1. The molecule has 0 aromatic heterocycles. The van der Waals surface area contributed by atoms with E-state index in [1.165, 1.54) is 33.5 Å². The van der Waals surface area contributed by atoms with Crippen molar-refractivity contribution in [2.45, 2.75) is 31.0 Å². The first-order valence-corrected chi connectivity index (χ1v) is 15.7.